The van der Waals surface area contributed by atoms with Crippen LogP contribution in [0.3, 0.4) is 0 Å². The highest BCUT2D eigenvalue weighted by Gasteiger charge is 2.19. The minimum atomic E-state index is 0.773. The summed E-state index contributed by atoms with van der Waals surface area (Å²) in [5, 5.41) is 11.7. The van der Waals surface area contributed by atoms with Gasteiger partial charge in [-0.25, -0.2) is 0 Å². The van der Waals surface area contributed by atoms with Crippen molar-refractivity contribution in [1.82, 2.24) is 0 Å². The summed E-state index contributed by atoms with van der Waals surface area (Å²) in [6.07, 6.45) is 0. The Morgan fingerprint density at radius 2 is 1.04 bits per heavy atom. The highest BCUT2D eigenvalue weighted by Crippen LogP contribution is 2.46. The number of nitrogens with zero attached hydrogens (tertiary/aromatic N) is 1. The predicted molar refractivity (Wildman–Crippen MR) is 210 cm³/mol. The summed E-state index contributed by atoms with van der Waals surface area (Å²) in [4.78, 5) is 2.38. The van der Waals surface area contributed by atoms with Crippen molar-refractivity contribution in [1.29, 1.82) is 0 Å². The van der Waals surface area contributed by atoms with Crippen LogP contribution in [0.4, 0.5) is 28.4 Å². The second-order valence-corrected chi connectivity index (χ2v) is 13.1. The number of hydrogen-bond donors (Lipinski definition) is 1. The van der Waals surface area contributed by atoms with E-state index in [1.165, 1.54) is 53.1 Å². The van der Waals surface area contributed by atoms with Gasteiger partial charge >= 0.3 is 0 Å². The molecule has 0 spiro atoms. The third kappa shape index (κ3) is 5.86. The van der Waals surface area contributed by atoms with Gasteiger partial charge in [-0.05, 0) is 65.4 Å². The van der Waals surface area contributed by atoms with E-state index in [1.54, 1.807) is 11.3 Å². The predicted octanol–water partition coefficient (Wildman–Crippen LogP) is 13.9. The fourth-order valence-corrected chi connectivity index (χ4v) is 7.82. The normalized spacial score (nSPS) is 11.0. The number of nitrogens with one attached hydrogen (secondary N) is 1. The van der Waals surface area contributed by atoms with Crippen LogP contribution >= 0.6 is 22.9 Å². The molecule has 9 aromatic rings. The van der Waals surface area contributed by atoms with E-state index >= 15 is 0 Å². The molecule has 8 aromatic carbocycles. The number of anilines is 5. The largest absolute Gasteiger partial charge is 0.355 e. The maximum absolute atomic E-state index is 6.30. The lowest BCUT2D eigenvalue weighted by Crippen LogP contribution is -2.10. The van der Waals surface area contributed by atoms with Gasteiger partial charge < -0.3 is 10.2 Å². The number of halogens is 1. The van der Waals surface area contributed by atoms with Crippen LogP contribution in [0, 0.1) is 0 Å². The van der Waals surface area contributed by atoms with Gasteiger partial charge in [-0.15, -0.1) is 11.3 Å². The van der Waals surface area contributed by atoms with Crippen LogP contribution in [0.5, 0.6) is 0 Å². The molecule has 0 bridgehead atoms. The highest BCUT2D eigenvalue weighted by molar-refractivity contribution is 7.26. The van der Waals surface area contributed by atoms with E-state index in [0.29, 0.717) is 0 Å². The van der Waals surface area contributed by atoms with E-state index in [9.17, 15) is 0 Å². The number of thiophene rings is 1. The Kier molecular flexibility index (Phi) is 8.22. The summed E-state index contributed by atoms with van der Waals surface area (Å²) in [5.74, 6) is 0. The molecular weight excluding hydrogens is 624 g/mol. The zero-order valence-electron chi connectivity index (χ0n) is 26.1. The molecule has 0 amide bonds. The van der Waals surface area contributed by atoms with Crippen molar-refractivity contribution in [3.05, 3.63) is 187 Å². The third-order valence-corrected chi connectivity index (χ3v) is 9.97. The molecule has 1 aromatic heterocycles. The zero-order chi connectivity index (χ0) is 32.3. The molecule has 0 aliphatic rings. The van der Waals surface area contributed by atoms with Crippen molar-refractivity contribution in [3.63, 3.8) is 0 Å². The molecule has 0 radical (unpaired) electrons. The van der Waals surface area contributed by atoms with Gasteiger partial charge in [-0.3, -0.25) is 0 Å². The molecule has 1 N–H and O–H groups in total. The molecule has 0 saturated heterocycles. The number of hydrogen-bond acceptors (Lipinski definition) is 3. The average molecular weight is 655 g/mol. The van der Waals surface area contributed by atoms with E-state index in [2.05, 4.69) is 168 Å². The SMILES string of the molecule is Clc1ccc2c(c1)sc1c(N(c3ccccc3)c3cccc4ccccc34)cccc12.c1ccc(Nc2cccc3ccccc23)cc1. The molecule has 9 rings (SSSR count). The van der Waals surface area contributed by atoms with Gasteiger partial charge in [0.25, 0.3) is 0 Å². The van der Waals surface area contributed by atoms with Crippen molar-refractivity contribution in [2.75, 3.05) is 10.2 Å². The van der Waals surface area contributed by atoms with Crippen molar-refractivity contribution >= 4 is 93.1 Å². The summed E-state index contributed by atoms with van der Waals surface area (Å²) in [7, 11) is 0. The van der Waals surface area contributed by atoms with Crippen LogP contribution in [-0.2, 0) is 0 Å². The molecule has 1 heterocycles. The number of benzene rings is 8. The van der Waals surface area contributed by atoms with Crippen molar-refractivity contribution in [3.8, 4) is 0 Å². The molecular formula is C44H31ClN2S. The standard InChI is InChI=1S/C28H18ClNS.C16H13N/c29-20-16-17-23-24-13-7-15-26(28(24)31-27(23)18-20)30(21-10-2-1-3-11-21)25-14-6-9-19-8-4-5-12-22(19)25;1-2-9-14(10-3-1)17-16-12-6-8-13-7-4-5-11-15(13)16/h1-18H;1-12,17H. The van der Waals surface area contributed by atoms with Gasteiger partial charge in [-0.1, -0.05) is 139 Å². The second-order valence-electron chi connectivity index (χ2n) is 11.6. The van der Waals surface area contributed by atoms with E-state index in [-0.39, 0.29) is 0 Å². The van der Waals surface area contributed by atoms with Crippen molar-refractivity contribution in [2.24, 2.45) is 0 Å². The molecule has 48 heavy (non-hydrogen) atoms. The molecule has 0 saturated carbocycles. The second kappa shape index (κ2) is 13.2. The first-order valence-electron chi connectivity index (χ1n) is 16.0. The van der Waals surface area contributed by atoms with Gasteiger partial charge in [0, 0.05) is 48.3 Å². The monoisotopic (exact) mass is 654 g/mol. The summed E-state index contributed by atoms with van der Waals surface area (Å²) in [5.41, 5.74) is 5.75. The Morgan fingerprint density at radius 1 is 0.458 bits per heavy atom. The first kappa shape index (κ1) is 29.8. The quantitative estimate of drug-likeness (QED) is 0.199. The maximum atomic E-state index is 6.30. The van der Waals surface area contributed by atoms with Gasteiger partial charge in [-0.2, -0.15) is 0 Å². The first-order chi connectivity index (χ1) is 23.7. The van der Waals surface area contributed by atoms with Crippen LogP contribution in [0.25, 0.3) is 41.7 Å². The molecule has 0 aliphatic heterocycles. The van der Waals surface area contributed by atoms with Gasteiger partial charge in [0.15, 0.2) is 0 Å². The molecule has 0 unspecified atom stereocenters. The Morgan fingerprint density at radius 3 is 1.83 bits per heavy atom. The summed E-state index contributed by atoms with van der Waals surface area (Å²) in [6, 6.07) is 63.4. The Balaban J connectivity index is 0.000000167. The Hall–Kier alpha value is -5.61. The fourth-order valence-electron chi connectivity index (χ4n) is 6.33. The summed E-state index contributed by atoms with van der Waals surface area (Å²) >= 11 is 8.10. The fraction of sp³-hybridized carbons (Fsp3) is 0. The van der Waals surface area contributed by atoms with Gasteiger partial charge in [0.05, 0.1) is 16.1 Å². The molecule has 230 valence electrons. The number of para-hydroxylation sites is 2. The van der Waals surface area contributed by atoms with Crippen molar-refractivity contribution in [2.45, 2.75) is 0 Å². The van der Waals surface area contributed by atoms with Gasteiger partial charge in [0.1, 0.15) is 0 Å². The smallest absolute Gasteiger partial charge is 0.0640 e. The molecule has 0 aliphatic carbocycles. The molecule has 2 nitrogen and oxygen atoms in total. The zero-order valence-corrected chi connectivity index (χ0v) is 27.6. The lowest BCUT2D eigenvalue weighted by Gasteiger charge is -2.27. The minimum absolute atomic E-state index is 0.773. The van der Waals surface area contributed by atoms with E-state index in [1.807, 2.05) is 24.3 Å². The van der Waals surface area contributed by atoms with Crippen molar-refractivity contribution < 1.29 is 0 Å². The van der Waals surface area contributed by atoms with Crippen LogP contribution in [0.2, 0.25) is 5.02 Å². The minimum Gasteiger partial charge on any atom is -0.355 e. The Bertz CT molecular complexity index is 2500. The van der Waals surface area contributed by atoms with E-state index in [4.69, 9.17) is 11.6 Å². The lowest BCUT2D eigenvalue weighted by molar-refractivity contribution is 1.32. The van der Waals surface area contributed by atoms with E-state index < -0.39 is 0 Å². The van der Waals surface area contributed by atoms with Gasteiger partial charge in [0.2, 0.25) is 0 Å². The van der Waals surface area contributed by atoms with Crippen LogP contribution < -0.4 is 10.2 Å². The van der Waals surface area contributed by atoms with E-state index in [0.717, 1.165) is 22.1 Å². The topological polar surface area (TPSA) is 15.3 Å². The summed E-state index contributed by atoms with van der Waals surface area (Å²) in [6.45, 7) is 0. The summed E-state index contributed by atoms with van der Waals surface area (Å²) < 4.78 is 2.47. The third-order valence-electron chi connectivity index (χ3n) is 8.55. The van der Waals surface area contributed by atoms with Crippen LogP contribution in [-0.4, -0.2) is 0 Å². The van der Waals surface area contributed by atoms with Crippen LogP contribution in [0.15, 0.2) is 182 Å². The number of rotatable bonds is 5. The first-order valence-corrected chi connectivity index (χ1v) is 17.2. The lowest BCUT2D eigenvalue weighted by atomic mass is 10.1. The number of fused-ring (bicyclic) bond motifs is 5. The molecule has 0 fully saturated rings. The maximum Gasteiger partial charge on any atom is 0.0640 e. The molecule has 0 atom stereocenters. The highest BCUT2D eigenvalue weighted by atomic mass is 35.5. The average Bonchev–Trinajstić information content (AvgIpc) is 3.51. The van der Waals surface area contributed by atoms with Crippen LogP contribution in [0.1, 0.15) is 0 Å². The molecule has 4 heteroatoms. The Labute approximate surface area is 289 Å².